The Morgan fingerprint density at radius 1 is 1.33 bits per heavy atom. The maximum absolute atomic E-state index is 12.4. The zero-order chi connectivity index (χ0) is 21.7. The van der Waals surface area contributed by atoms with Gasteiger partial charge in [-0.05, 0) is 73.7 Å². The van der Waals surface area contributed by atoms with E-state index in [2.05, 4.69) is 56.4 Å². The van der Waals surface area contributed by atoms with E-state index in [9.17, 15) is 4.79 Å². The summed E-state index contributed by atoms with van der Waals surface area (Å²) in [5.74, 6) is 2.11. The summed E-state index contributed by atoms with van der Waals surface area (Å²) in [4.78, 5) is 14.6. The molecule has 3 fully saturated rings. The summed E-state index contributed by atoms with van der Waals surface area (Å²) < 4.78 is 12.2. The Morgan fingerprint density at radius 2 is 2.10 bits per heavy atom. The lowest BCUT2D eigenvalue weighted by Gasteiger charge is -2.53. The topological polar surface area (TPSA) is 50.8 Å². The third-order valence-electron chi connectivity index (χ3n) is 8.23. The van der Waals surface area contributed by atoms with Crippen molar-refractivity contribution in [2.45, 2.75) is 65.1 Å². The first kappa shape index (κ1) is 21.6. The fourth-order valence-corrected chi connectivity index (χ4v) is 6.83. The average molecular weight is 415 g/mol. The number of hydrogen-bond donors (Lipinski definition) is 1. The van der Waals surface area contributed by atoms with Gasteiger partial charge < -0.3 is 19.7 Å². The second kappa shape index (κ2) is 7.83. The quantitative estimate of drug-likeness (QED) is 0.759. The molecule has 1 aliphatic heterocycles. The van der Waals surface area contributed by atoms with Crippen molar-refractivity contribution in [3.63, 3.8) is 0 Å². The second-order valence-corrected chi connectivity index (χ2v) is 10.5. The lowest BCUT2D eigenvalue weighted by atomic mass is 9.58. The molecule has 166 valence electrons. The van der Waals surface area contributed by atoms with Gasteiger partial charge in [-0.25, -0.2) is 0 Å². The average Bonchev–Trinajstić information content (AvgIpc) is 3.19. The Balaban J connectivity index is 1.71. The van der Waals surface area contributed by atoms with Crippen molar-refractivity contribution < 1.29 is 14.3 Å². The van der Waals surface area contributed by atoms with Crippen molar-refractivity contribution in [1.82, 2.24) is 10.2 Å². The highest BCUT2D eigenvalue weighted by atomic mass is 16.5. The number of rotatable bonds is 6. The van der Waals surface area contributed by atoms with Gasteiger partial charge in [-0.3, -0.25) is 4.79 Å². The number of benzene rings is 1. The third kappa shape index (κ3) is 3.34. The highest BCUT2D eigenvalue weighted by Crippen LogP contribution is 2.70. The van der Waals surface area contributed by atoms with Crippen molar-refractivity contribution in [3.05, 3.63) is 29.3 Å². The zero-order valence-corrected chi connectivity index (χ0v) is 19.5. The molecule has 1 amide bonds. The van der Waals surface area contributed by atoms with Crippen molar-refractivity contribution in [2.75, 3.05) is 27.8 Å². The van der Waals surface area contributed by atoms with E-state index in [1.807, 2.05) is 6.92 Å². The molecule has 2 aliphatic carbocycles. The monoisotopic (exact) mass is 414 g/mol. The van der Waals surface area contributed by atoms with Crippen LogP contribution in [0.25, 0.3) is 0 Å². The van der Waals surface area contributed by atoms with Gasteiger partial charge in [0.05, 0.1) is 13.2 Å². The fourth-order valence-electron chi connectivity index (χ4n) is 6.83. The highest BCUT2D eigenvalue weighted by molar-refractivity contribution is 5.76. The Morgan fingerprint density at radius 3 is 2.77 bits per heavy atom. The molecule has 30 heavy (non-hydrogen) atoms. The van der Waals surface area contributed by atoms with Crippen molar-refractivity contribution in [2.24, 2.45) is 22.7 Å². The number of nitrogens with one attached hydrogen (secondary N) is 1. The van der Waals surface area contributed by atoms with Crippen molar-refractivity contribution >= 4 is 5.91 Å². The first-order valence-corrected chi connectivity index (χ1v) is 11.5. The van der Waals surface area contributed by atoms with Crippen LogP contribution in [0.1, 0.15) is 63.7 Å². The predicted octanol–water partition coefficient (Wildman–Crippen LogP) is 4.17. The molecule has 5 atom stereocenters. The molecule has 1 N–H and O–H groups in total. The van der Waals surface area contributed by atoms with Crippen LogP contribution in [0, 0.1) is 22.7 Å². The molecule has 1 aromatic rings. The van der Waals surface area contributed by atoms with Gasteiger partial charge in [-0.2, -0.15) is 0 Å². The summed E-state index contributed by atoms with van der Waals surface area (Å²) in [7, 11) is 5.93. The van der Waals surface area contributed by atoms with Crippen LogP contribution in [0.4, 0.5) is 0 Å². The van der Waals surface area contributed by atoms with Crippen LogP contribution in [-0.4, -0.2) is 44.7 Å². The van der Waals surface area contributed by atoms with Gasteiger partial charge in [-0.1, -0.05) is 26.8 Å². The normalized spacial score (nSPS) is 34.1. The van der Waals surface area contributed by atoms with Crippen LogP contribution in [0.2, 0.25) is 0 Å². The van der Waals surface area contributed by atoms with E-state index in [0.717, 1.165) is 31.7 Å². The van der Waals surface area contributed by atoms with Crippen LogP contribution in [0.15, 0.2) is 18.2 Å². The minimum atomic E-state index is 0.0259. The predicted molar refractivity (Wildman–Crippen MR) is 118 cm³/mol. The van der Waals surface area contributed by atoms with Crippen molar-refractivity contribution in [3.8, 4) is 5.75 Å². The van der Waals surface area contributed by atoms with Gasteiger partial charge in [0.2, 0.25) is 5.91 Å². The summed E-state index contributed by atoms with van der Waals surface area (Å²) in [6.45, 7) is 8.28. The molecule has 2 bridgehead atoms. The number of methoxy groups -OCH3 is 1. The van der Waals surface area contributed by atoms with Crippen LogP contribution in [-0.2, 0) is 16.1 Å². The standard InChI is InChI=1S/C25H38N2O3/c1-7-21(28)26-23-24(2,3)17-13-19-22(30-11-10-25(19,23)14-17)18-12-16(15-27(4)5)8-9-20(18)29-6/h8-9,12,17,19,22-23H,7,10-11,13-15H2,1-6H3,(H,26,28)/t17-,19-,22-,23+,25?/m1/s1. The van der Waals surface area contributed by atoms with Crippen molar-refractivity contribution in [1.29, 1.82) is 0 Å². The molecule has 1 unspecified atom stereocenters. The van der Waals surface area contributed by atoms with E-state index >= 15 is 0 Å². The van der Waals surface area contributed by atoms with E-state index in [4.69, 9.17) is 9.47 Å². The molecule has 1 spiro atoms. The highest BCUT2D eigenvalue weighted by Gasteiger charge is 2.68. The second-order valence-electron chi connectivity index (χ2n) is 10.5. The lowest BCUT2D eigenvalue weighted by molar-refractivity contribution is -0.137. The molecule has 1 aromatic carbocycles. The van der Waals surface area contributed by atoms with Gasteiger partial charge >= 0.3 is 0 Å². The molecule has 5 heteroatoms. The van der Waals surface area contributed by atoms with E-state index in [1.165, 1.54) is 17.5 Å². The molecule has 0 aromatic heterocycles. The first-order chi connectivity index (χ1) is 14.2. The summed E-state index contributed by atoms with van der Waals surface area (Å²) in [6, 6.07) is 6.73. The Labute approximate surface area is 181 Å². The molecule has 4 rings (SSSR count). The van der Waals surface area contributed by atoms with Crippen LogP contribution in [0.3, 0.4) is 0 Å². The van der Waals surface area contributed by atoms with Gasteiger partial charge in [0.1, 0.15) is 5.75 Å². The van der Waals surface area contributed by atoms with Gasteiger partial charge in [0.15, 0.2) is 0 Å². The van der Waals surface area contributed by atoms with E-state index < -0.39 is 0 Å². The number of fused-ring (bicyclic) bond motifs is 1. The number of carbonyl (C=O) groups excluding carboxylic acids is 1. The maximum atomic E-state index is 12.4. The Kier molecular flexibility index (Phi) is 5.65. The summed E-state index contributed by atoms with van der Waals surface area (Å²) >= 11 is 0. The minimum absolute atomic E-state index is 0.0259. The summed E-state index contributed by atoms with van der Waals surface area (Å²) in [5.41, 5.74) is 2.69. The SMILES string of the molecule is CCC(=O)N[C@H]1C(C)(C)[C@@H]2C[C@@H]3[C@@H](c4cc(CN(C)C)ccc4OC)OCCC31C2. The Bertz CT molecular complexity index is 806. The van der Waals surface area contributed by atoms with Crippen LogP contribution in [0.5, 0.6) is 5.75 Å². The molecule has 1 saturated heterocycles. The maximum Gasteiger partial charge on any atom is 0.219 e. The molecular formula is C25H38N2O3. The number of ether oxygens (including phenoxy) is 2. The zero-order valence-electron chi connectivity index (χ0n) is 19.5. The molecular weight excluding hydrogens is 376 g/mol. The molecule has 1 heterocycles. The van der Waals surface area contributed by atoms with Crippen LogP contribution < -0.4 is 10.1 Å². The number of nitrogens with zero attached hydrogens (tertiary/aromatic N) is 1. The van der Waals surface area contributed by atoms with Gasteiger partial charge in [0.25, 0.3) is 0 Å². The molecule has 5 nitrogen and oxygen atoms in total. The Hall–Kier alpha value is -1.59. The fraction of sp³-hybridized carbons (Fsp3) is 0.720. The number of hydrogen-bond acceptors (Lipinski definition) is 4. The molecule has 0 radical (unpaired) electrons. The smallest absolute Gasteiger partial charge is 0.219 e. The van der Waals surface area contributed by atoms with Crippen LogP contribution >= 0.6 is 0 Å². The first-order valence-electron chi connectivity index (χ1n) is 11.5. The summed E-state index contributed by atoms with van der Waals surface area (Å²) in [6.07, 6.45) is 3.95. The largest absolute Gasteiger partial charge is 0.496 e. The number of amides is 1. The number of carbonyl (C=O) groups is 1. The molecule has 3 aliphatic rings. The minimum Gasteiger partial charge on any atom is -0.496 e. The van der Waals surface area contributed by atoms with E-state index in [1.54, 1.807) is 7.11 Å². The third-order valence-corrected chi connectivity index (χ3v) is 8.23. The van der Waals surface area contributed by atoms with E-state index in [0.29, 0.717) is 18.3 Å². The summed E-state index contributed by atoms with van der Waals surface area (Å²) in [5, 5.41) is 3.45. The lowest BCUT2D eigenvalue weighted by Crippen LogP contribution is -2.58. The molecule has 2 saturated carbocycles. The van der Waals surface area contributed by atoms with E-state index in [-0.39, 0.29) is 28.9 Å². The van der Waals surface area contributed by atoms with Gasteiger partial charge in [0, 0.05) is 31.2 Å². The van der Waals surface area contributed by atoms with Gasteiger partial charge in [-0.15, -0.1) is 0 Å².